The average molecular weight is 251 g/mol. The normalized spacial score (nSPS) is 16.2. The van der Waals surface area contributed by atoms with Gasteiger partial charge >= 0.3 is 0 Å². The average Bonchev–Trinajstić information content (AvgIpc) is 2.80. The van der Waals surface area contributed by atoms with E-state index in [1.807, 2.05) is 12.1 Å². The minimum Gasteiger partial charge on any atom is -0.372 e. The van der Waals surface area contributed by atoms with Crippen molar-refractivity contribution in [1.82, 2.24) is 4.90 Å². The molecule has 1 aromatic carbocycles. The molecule has 3 nitrogen and oxygen atoms in total. The van der Waals surface area contributed by atoms with Crippen molar-refractivity contribution in [3.8, 4) is 0 Å². The molecule has 0 unspecified atom stereocenters. The van der Waals surface area contributed by atoms with Gasteiger partial charge in [0.15, 0.2) is 9.84 Å². The summed E-state index contributed by atoms with van der Waals surface area (Å²) in [5.74, 6) is 0. The summed E-state index contributed by atoms with van der Waals surface area (Å²) in [6.07, 6.45) is 3.64. The van der Waals surface area contributed by atoms with Crippen molar-refractivity contribution in [3.05, 3.63) is 36.4 Å². The van der Waals surface area contributed by atoms with E-state index in [4.69, 9.17) is 0 Å². The first-order valence-electron chi connectivity index (χ1n) is 5.73. The Hall–Kier alpha value is -1.29. The topological polar surface area (TPSA) is 37.4 Å². The molecule has 0 spiro atoms. The molecule has 92 valence electrons. The number of likely N-dealkylation sites (tertiary alicyclic amines) is 1. The number of hydrogen-bond acceptors (Lipinski definition) is 3. The highest BCUT2D eigenvalue weighted by molar-refractivity contribution is 7.90. The monoisotopic (exact) mass is 251 g/mol. The Balaban J connectivity index is 2.20. The van der Waals surface area contributed by atoms with E-state index in [-0.39, 0.29) is 0 Å². The molecule has 4 heteroatoms. The molecule has 0 N–H and O–H groups in total. The molecule has 0 atom stereocenters. The van der Waals surface area contributed by atoms with Crippen LogP contribution in [0.3, 0.4) is 0 Å². The fraction of sp³-hybridized carbons (Fsp3) is 0.385. The van der Waals surface area contributed by atoms with Crippen LogP contribution >= 0.6 is 0 Å². The van der Waals surface area contributed by atoms with Gasteiger partial charge in [-0.2, -0.15) is 0 Å². The van der Waals surface area contributed by atoms with Crippen molar-refractivity contribution < 1.29 is 8.42 Å². The fourth-order valence-electron chi connectivity index (χ4n) is 2.06. The Kier molecular flexibility index (Phi) is 3.24. The summed E-state index contributed by atoms with van der Waals surface area (Å²) in [4.78, 5) is 2.60. The van der Waals surface area contributed by atoms with Crippen molar-refractivity contribution in [1.29, 1.82) is 0 Å². The second-order valence-corrected chi connectivity index (χ2v) is 6.45. The zero-order valence-corrected chi connectivity index (χ0v) is 10.8. The molecule has 1 aliphatic heterocycles. The molecule has 1 heterocycles. The molecular weight excluding hydrogens is 234 g/mol. The maximum atomic E-state index is 11.3. The SMILES string of the molecule is C=C(c1ccc(S(C)(=O)=O)cc1)N1CCCC1. The molecule has 17 heavy (non-hydrogen) atoms. The van der Waals surface area contributed by atoms with Crippen LogP contribution in [0.1, 0.15) is 18.4 Å². The van der Waals surface area contributed by atoms with E-state index < -0.39 is 9.84 Å². The van der Waals surface area contributed by atoms with Gasteiger partial charge in [0.1, 0.15) is 0 Å². The largest absolute Gasteiger partial charge is 0.372 e. The number of benzene rings is 1. The molecule has 1 fully saturated rings. The Morgan fingerprint density at radius 1 is 1.18 bits per heavy atom. The van der Waals surface area contributed by atoms with Crippen LogP contribution in [0.2, 0.25) is 0 Å². The first kappa shape index (κ1) is 12.2. The molecule has 0 amide bonds. The van der Waals surface area contributed by atoms with E-state index in [1.165, 1.54) is 19.1 Å². The highest BCUT2D eigenvalue weighted by Crippen LogP contribution is 2.23. The lowest BCUT2D eigenvalue weighted by Gasteiger charge is -2.20. The third-order valence-electron chi connectivity index (χ3n) is 3.10. The lowest BCUT2D eigenvalue weighted by atomic mass is 10.1. The molecular formula is C13H17NO2S. The van der Waals surface area contributed by atoms with Gasteiger partial charge in [0.25, 0.3) is 0 Å². The van der Waals surface area contributed by atoms with Gasteiger partial charge < -0.3 is 4.90 Å². The van der Waals surface area contributed by atoms with Gasteiger partial charge in [-0.3, -0.25) is 0 Å². The first-order valence-corrected chi connectivity index (χ1v) is 7.62. The molecule has 0 bridgehead atoms. The number of sulfone groups is 1. The Labute approximate surface area is 103 Å². The smallest absolute Gasteiger partial charge is 0.175 e. The van der Waals surface area contributed by atoms with E-state index in [9.17, 15) is 8.42 Å². The van der Waals surface area contributed by atoms with Gasteiger partial charge in [-0.25, -0.2) is 8.42 Å². The highest BCUT2D eigenvalue weighted by Gasteiger charge is 2.15. The second kappa shape index (κ2) is 4.53. The summed E-state index contributed by atoms with van der Waals surface area (Å²) in [5, 5.41) is 0. The lowest BCUT2D eigenvalue weighted by Crippen LogP contribution is -2.16. The summed E-state index contributed by atoms with van der Waals surface area (Å²) in [6.45, 7) is 6.17. The van der Waals surface area contributed by atoms with Crippen molar-refractivity contribution >= 4 is 15.5 Å². The predicted molar refractivity (Wildman–Crippen MR) is 69.4 cm³/mol. The quantitative estimate of drug-likeness (QED) is 0.826. The molecule has 2 rings (SSSR count). The van der Waals surface area contributed by atoms with E-state index in [2.05, 4.69) is 11.5 Å². The molecule has 0 saturated carbocycles. The van der Waals surface area contributed by atoms with Crippen molar-refractivity contribution in [2.75, 3.05) is 19.3 Å². The molecule has 0 radical (unpaired) electrons. The van der Waals surface area contributed by atoms with Gasteiger partial charge in [0.05, 0.1) is 4.90 Å². The summed E-state index contributed by atoms with van der Waals surface area (Å²) in [7, 11) is -3.11. The van der Waals surface area contributed by atoms with Crippen molar-refractivity contribution in [2.24, 2.45) is 0 Å². The number of hydrogen-bond donors (Lipinski definition) is 0. The Morgan fingerprint density at radius 2 is 1.71 bits per heavy atom. The third kappa shape index (κ3) is 2.69. The second-order valence-electron chi connectivity index (χ2n) is 4.44. The summed E-state index contributed by atoms with van der Waals surface area (Å²) < 4.78 is 22.7. The van der Waals surface area contributed by atoms with Crippen molar-refractivity contribution in [3.63, 3.8) is 0 Å². The van der Waals surface area contributed by atoms with Gasteiger partial charge in [-0.05, 0) is 30.5 Å². The highest BCUT2D eigenvalue weighted by atomic mass is 32.2. The molecule has 1 saturated heterocycles. The molecule has 1 aliphatic rings. The zero-order valence-electron chi connectivity index (χ0n) is 10.0. The van der Waals surface area contributed by atoms with Crippen LogP contribution in [0.15, 0.2) is 35.7 Å². The van der Waals surface area contributed by atoms with Crippen LogP contribution in [0.5, 0.6) is 0 Å². The lowest BCUT2D eigenvalue weighted by molar-refractivity contribution is 0.494. The predicted octanol–water partition coefficient (Wildman–Crippen LogP) is 2.16. The van der Waals surface area contributed by atoms with Crippen LogP contribution in [0.25, 0.3) is 5.70 Å². The summed E-state index contributed by atoms with van der Waals surface area (Å²) >= 11 is 0. The first-order chi connectivity index (χ1) is 7.98. The van der Waals surface area contributed by atoms with Crippen LogP contribution in [0, 0.1) is 0 Å². The van der Waals surface area contributed by atoms with E-state index in [1.54, 1.807) is 12.1 Å². The Morgan fingerprint density at radius 3 is 2.18 bits per heavy atom. The van der Waals surface area contributed by atoms with E-state index in [0.29, 0.717) is 4.90 Å². The fourth-order valence-corrected chi connectivity index (χ4v) is 2.69. The third-order valence-corrected chi connectivity index (χ3v) is 4.23. The minimum atomic E-state index is -3.11. The molecule has 0 aromatic heterocycles. The van der Waals surface area contributed by atoms with Gasteiger partial charge in [0.2, 0.25) is 0 Å². The standard InChI is InChI=1S/C13H17NO2S/c1-11(14-9-3-4-10-14)12-5-7-13(8-6-12)17(2,15)16/h5-8H,1,3-4,9-10H2,2H3. The van der Waals surface area contributed by atoms with Crippen LogP contribution in [-0.4, -0.2) is 32.7 Å². The van der Waals surface area contributed by atoms with E-state index >= 15 is 0 Å². The van der Waals surface area contributed by atoms with Crippen LogP contribution in [0.4, 0.5) is 0 Å². The maximum absolute atomic E-state index is 11.3. The molecule has 0 aliphatic carbocycles. The number of nitrogens with zero attached hydrogens (tertiary/aromatic N) is 1. The van der Waals surface area contributed by atoms with Crippen molar-refractivity contribution in [2.45, 2.75) is 17.7 Å². The van der Waals surface area contributed by atoms with Gasteiger partial charge in [-0.1, -0.05) is 18.7 Å². The summed E-state index contributed by atoms with van der Waals surface area (Å²) in [6, 6.07) is 6.95. The van der Waals surface area contributed by atoms with E-state index in [0.717, 1.165) is 24.4 Å². The van der Waals surface area contributed by atoms with Crippen LogP contribution in [-0.2, 0) is 9.84 Å². The Bertz CT molecular complexity index is 511. The minimum absolute atomic E-state index is 0.357. The zero-order chi connectivity index (χ0) is 12.5. The van der Waals surface area contributed by atoms with Crippen LogP contribution < -0.4 is 0 Å². The summed E-state index contributed by atoms with van der Waals surface area (Å²) in [5.41, 5.74) is 1.99. The van der Waals surface area contributed by atoms with Gasteiger partial charge in [-0.15, -0.1) is 0 Å². The maximum Gasteiger partial charge on any atom is 0.175 e. The number of rotatable bonds is 3. The molecule has 1 aromatic rings. The van der Waals surface area contributed by atoms with Gasteiger partial charge in [0, 0.05) is 25.0 Å².